The van der Waals surface area contributed by atoms with Crippen LogP contribution < -0.4 is 9.80 Å². The molecule has 0 N–H and O–H groups in total. The molecule has 0 aliphatic heterocycles. The van der Waals surface area contributed by atoms with Crippen molar-refractivity contribution < 1.29 is 0 Å². The van der Waals surface area contributed by atoms with Crippen LogP contribution >= 0.6 is 0 Å². The van der Waals surface area contributed by atoms with Gasteiger partial charge in [-0.2, -0.15) is 0 Å². The van der Waals surface area contributed by atoms with Gasteiger partial charge in [-0.05, 0) is 127 Å². The Kier molecular flexibility index (Phi) is 8.83. The second kappa shape index (κ2) is 13.8. The minimum absolute atomic E-state index is 1.08. The Morgan fingerprint density at radius 3 is 1.57 bits per heavy atom. The number of para-hydroxylation sites is 2. The van der Waals surface area contributed by atoms with E-state index in [2.05, 4.69) is 194 Å². The molecule has 0 spiro atoms. The molecule has 0 saturated heterocycles. The Balaban J connectivity index is 1.31. The highest BCUT2D eigenvalue weighted by Gasteiger charge is 2.19. The number of aryl methyl sites for hydroxylation is 3. The largest absolute Gasteiger partial charge is 0.310 e. The van der Waals surface area contributed by atoms with E-state index in [1.807, 2.05) is 6.08 Å². The Labute approximate surface area is 290 Å². The molecule has 49 heavy (non-hydrogen) atoms. The van der Waals surface area contributed by atoms with Crippen molar-refractivity contribution in [2.24, 2.45) is 0 Å². The van der Waals surface area contributed by atoms with E-state index >= 15 is 0 Å². The smallest absolute Gasteiger partial charge is 0.0540 e. The van der Waals surface area contributed by atoms with Gasteiger partial charge in [-0.25, -0.2) is 0 Å². The summed E-state index contributed by atoms with van der Waals surface area (Å²) >= 11 is 0. The number of hydrogen-bond acceptors (Lipinski definition) is 2. The summed E-state index contributed by atoms with van der Waals surface area (Å²) in [6.45, 7) is 6.55. The highest BCUT2D eigenvalue weighted by atomic mass is 15.1. The fraction of sp³-hybridized carbons (Fsp3) is 0.0638. The maximum Gasteiger partial charge on any atom is 0.0540 e. The van der Waals surface area contributed by atoms with Crippen molar-refractivity contribution >= 4 is 51.0 Å². The highest BCUT2D eigenvalue weighted by Crippen LogP contribution is 2.43. The average Bonchev–Trinajstić information content (AvgIpc) is 3.13. The molecule has 7 aromatic carbocycles. The summed E-state index contributed by atoms with van der Waals surface area (Å²) in [7, 11) is 0. The number of allylic oxidation sites excluding steroid dienone is 1. The summed E-state index contributed by atoms with van der Waals surface area (Å²) in [5.41, 5.74) is 13.8. The van der Waals surface area contributed by atoms with Gasteiger partial charge in [0.15, 0.2) is 0 Å². The standard InChI is InChI=1S/C47H38N2/c1-5-6-24-44-34(2)17-15-26-46(44)48(38-20-9-7-10-21-38)40-28-30-42(35(3)32-40)43-31-29-41(33-36(43)4)49(39-22-11-8-12-23-39)47-27-16-19-37-18-13-14-25-45(37)47/h1,6-33H,2-4H3/b24-6-. The van der Waals surface area contributed by atoms with Crippen LogP contribution in [0.4, 0.5) is 34.1 Å². The van der Waals surface area contributed by atoms with Gasteiger partial charge in [0.05, 0.1) is 11.4 Å². The van der Waals surface area contributed by atoms with Gasteiger partial charge >= 0.3 is 0 Å². The zero-order valence-corrected chi connectivity index (χ0v) is 28.1. The van der Waals surface area contributed by atoms with E-state index < -0.39 is 0 Å². The van der Waals surface area contributed by atoms with Gasteiger partial charge < -0.3 is 9.80 Å². The first-order chi connectivity index (χ1) is 24.0. The lowest BCUT2D eigenvalue weighted by atomic mass is 9.94. The third-order valence-electron chi connectivity index (χ3n) is 9.15. The molecule has 7 aromatic rings. The summed E-state index contributed by atoms with van der Waals surface area (Å²) in [4.78, 5) is 4.68. The lowest BCUT2D eigenvalue weighted by Gasteiger charge is -2.29. The van der Waals surface area contributed by atoms with E-state index in [9.17, 15) is 0 Å². The number of fused-ring (bicyclic) bond motifs is 1. The lowest BCUT2D eigenvalue weighted by Crippen LogP contribution is -2.12. The molecule has 0 heterocycles. The van der Waals surface area contributed by atoms with Crippen molar-refractivity contribution in [2.75, 3.05) is 9.80 Å². The second-order valence-corrected chi connectivity index (χ2v) is 12.3. The predicted molar refractivity (Wildman–Crippen MR) is 211 cm³/mol. The van der Waals surface area contributed by atoms with Crippen LogP contribution in [-0.2, 0) is 0 Å². The summed E-state index contributed by atoms with van der Waals surface area (Å²) < 4.78 is 0. The van der Waals surface area contributed by atoms with Crippen molar-refractivity contribution in [3.63, 3.8) is 0 Å². The zero-order chi connectivity index (χ0) is 33.7. The minimum atomic E-state index is 1.08. The molecular formula is C47H38N2. The van der Waals surface area contributed by atoms with E-state index in [-0.39, 0.29) is 0 Å². The Bertz CT molecular complexity index is 2320. The monoisotopic (exact) mass is 630 g/mol. The molecule has 0 amide bonds. The quantitative estimate of drug-likeness (QED) is 0.154. The van der Waals surface area contributed by atoms with Crippen molar-refractivity contribution in [3.8, 4) is 23.5 Å². The Morgan fingerprint density at radius 2 is 0.980 bits per heavy atom. The van der Waals surface area contributed by atoms with Crippen LogP contribution in [0.5, 0.6) is 0 Å². The number of anilines is 6. The van der Waals surface area contributed by atoms with Gasteiger partial charge in [0.1, 0.15) is 0 Å². The number of hydrogen-bond donors (Lipinski definition) is 0. The molecule has 0 fully saturated rings. The molecule has 0 aliphatic rings. The summed E-state index contributed by atoms with van der Waals surface area (Å²) in [6, 6.07) is 56.3. The molecule has 236 valence electrons. The van der Waals surface area contributed by atoms with E-state index in [1.54, 1.807) is 6.08 Å². The molecule has 7 rings (SSSR count). The van der Waals surface area contributed by atoms with Gasteiger partial charge in [0, 0.05) is 33.7 Å². The van der Waals surface area contributed by atoms with Crippen LogP contribution in [-0.4, -0.2) is 0 Å². The third-order valence-corrected chi connectivity index (χ3v) is 9.15. The second-order valence-electron chi connectivity index (χ2n) is 12.3. The van der Waals surface area contributed by atoms with Crippen LogP contribution in [0.15, 0.2) is 164 Å². The first-order valence-electron chi connectivity index (χ1n) is 16.7. The molecule has 0 bridgehead atoms. The number of rotatable bonds is 8. The van der Waals surface area contributed by atoms with Gasteiger partial charge in [-0.15, -0.1) is 6.42 Å². The molecule has 0 unspecified atom stereocenters. The molecular weight excluding hydrogens is 593 g/mol. The van der Waals surface area contributed by atoms with Crippen molar-refractivity contribution in [2.45, 2.75) is 20.8 Å². The molecule has 0 aliphatic carbocycles. The molecule has 0 aromatic heterocycles. The topological polar surface area (TPSA) is 6.48 Å². The molecule has 0 radical (unpaired) electrons. The number of terminal acetylenes is 1. The normalized spacial score (nSPS) is 11.1. The minimum Gasteiger partial charge on any atom is -0.310 e. The molecule has 2 nitrogen and oxygen atoms in total. The van der Waals surface area contributed by atoms with Crippen molar-refractivity contribution in [3.05, 3.63) is 186 Å². The van der Waals surface area contributed by atoms with Crippen molar-refractivity contribution in [1.82, 2.24) is 0 Å². The van der Waals surface area contributed by atoms with Gasteiger partial charge in [0.25, 0.3) is 0 Å². The fourth-order valence-corrected chi connectivity index (χ4v) is 6.80. The lowest BCUT2D eigenvalue weighted by molar-refractivity contribution is 1.25. The maximum absolute atomic E-state index is 5.63. The summed E-state index contributed by atoms with van der Waals surface area (Å²) in [6.07, 6.45) is 9.44. The van der Waals surface area contributed by atoms with Gasteiger partial charge in [0.2, 0.25) is 0 Å². The molecule has 0 saturated carbocycles. The van der Waals surface area contributed by atoms with Gasteiger partial charge in [-0.1, -0.05) is 103 Å². The number of benzene rings is 7. The van der Waals surface area contributed by atoms with Crippen LogP contribution in [0.1, 0.15) is 22.3 Å². The Morgan fingerprint density at radius 1 is 0.469 bits per heavy atom. The SMILES string of the molecule is C#C/C=C\c1c(C)cccc1N(c1ccccc1)c1ccc(-c2ccc(N(c3ccccc3)c3cccc4ccccc34)cc2C)c(C)c1. The van der Waals surface area contributed by atoms with Crippen molar-refractivity contribution in [1.29, 1.82) is 0 Å². The maximum atomic E-state index is 5.63. The van der Waals surface area contributed by atoms with Crippen LogP contribution in [0.3, 0.4) is 0 Å². The zero-order valence-electron chi connectivity index (χ0n) is 28.1. The number of nitrogens with zero attached hydrogens (tertiary/aromatic N) is 2. The predicted octanol–water partition coefficient (Wildman–Crippen LogP) is 13.0. The van der Waals surface area contributed by atoms with Crippen LogP contribution in [0.2, 0.25) is 0 Å². The average molecular weight is 631 g/mol. The molecule has 0 atom stereocenters. The van der Waals surface area contributed by atoms with E-state index in [0.29, 0.717) is 0 Å². The first-order valence-corrected chi connectivity index (χ1v) is 16.7. The van der Waals surface area contributed by atoms with E-state index in [1.165, 1.54) is 38.6 Å². The van der Waals surface area contributed by atoms with Crippen LogP contribution in [0.25, 0.3) is 28.0 Å². The third kappa shape index (κ3) is 6.23. The Hall–Kier alpha value is -6.30. The molecule has 2 heteroatoms. The van der Waals surface area contributed by atoms with E-state index in [0.717, 1.165) is 39.7 Å². The first kappa shape index (κ1) is 31.3. The summed E-state index contributed by atoms with van der Waals surface area (Å²) in [5.74, 6) is 2.66. The fourth-order valence-electron chi connectivity index (χ4n) is 6.80. The van der Waals surface area contributed by atoms with Crippen LogP contribution in [0, 0.1) is 33.1 Å². The summed E-state index contributed by atoms with van der Waals surface area (Å²) in [5, 5.41) is 2.44. The highest BCUT2D eigenvalue weighted by molar-refractivity contribution is 5.99. The van der Waals surface area contributed by atoms with E-state index in [4.69, 9.17) is 6.42 Å². The van der Waals surface area contributed by atoms with Gasteiger partial charge in [-0.3, -0.25) is 0 Å².